The third kappa shape index (κ3) is 3.76. The van der Waals surface area contributed by atoms with Gasteiger partial charge in [-0.25, -0.2) is 17.2 Å². The van der Waals surface area contributed by atoms with E-state index < -0.39 is 21.5 Å². The summed E-state index contributed by atoms with van der Waals surface area (Å²) in [6, 6.07) is 3.23. The molecular formula is C14H19F2NO2S. The van der Waals surface area contributed by atoms with Gasteiger partial charge in [-0.1, -0.05) is 6.92 Å². The van der Waals surface area contributed by atoms with Gasteiger partial charge in [-0.2, -0.15) is 0 Å². The minimum Gasteiger partial charge on any atom is -0.314 e. The molecule has 0 spiro atoms. The van der Waals surface area contributed by atoms with Crippen molar-refractivity contribution in [3.05, 3.63) is 35.4 Å². The van der Waals surface area contributed by atoms with Crippen LogP contribution in [0.3, 0.4) is 0 Å². The minimum atomic E-state index is -2.98. The summed E-state index contributed by atoms with van der Waals surface area (Å²) in [4.78, 5) is 0. The Labute approximate surface area is 118 Å². The lowest BCUT2D eigenvalue weighted by molar-refractivity contribution is 0.381. The van der Waals surface area contributed by atoms with Gasteiger partial charge >= 0.3 is 0 Å². The van der Waals surface area contributed by atoms with Crippen LogP contribution >= 0.6 is 0 Å². The zero-order chi connectivity index (χ0) is 14.8. The molecule has 0 radical (unpaired) electrons. The highest BCUT2D eigenvalue weighted by atomic mass is 32.2. The van der Waals surface area contributed by atoms with Crippen LogP contribution in [-0.4, -0.2) is 32.5 Å². The monoisotopic (exact) mass is 303 g/mol. The van der Waals surface area contributed by atoms with Crippen LogP contribution in [0.1, 0.15) is 18.9 Å². The first-order valence-electron chi connectivity index (χ1n) is 6.79. The van der Waals surface area contributed by atoms with E-state index in [0.717, 1.165) is 12.1 Å². The molecular weight excluding hydrogens is 284 g/mol. The molecule has 1 aromatic carbocycles. The minimum absolute atomic E-state index is 0.0392. The fourth-order valence-corrected chi connectivity index (χ4v) is 4.63. The van der Waals surface area contributed by atoms with Crippen molar-refractivity contribution < 1.29 is 17.2 Å². The third-order valence-electron chi connectivity index (χ3n) is 3.75. The normalized spacial score (nSPS) is 22.9. The van der Waals surface area contributed by atoms with Gasteiger partial charge in [-0.05, 0) is 49.1 Å². The van der Waals surface area contributed by atoms with Gasteiger partial charge in [0.2, 0.25) is 0 Å². The van der Waals surface area contributed by atoms with E-state index in [1.807, 2.05) is 6.92 Å². The van der Waals surface area contributed by atoms with Crippen molar-refractivity contribution in [1.82, 2.24) is 5.32 Å². The van der Waals surface area contributed by atoms with Gasteiger partial charge < -0.3 is 5.32 Å². The van der Waals surface area contributed by atoms with Gasteiger partial charge in [0, 0.05) is 6.04 Å². The smallest absolute Gasteiger partial charge is 0.150 e. The van der Waals surface area contributed by atoms with E-state index in [1.165, 1.54) is 6.07 Å². The lowest BCUT2D eigenvalue weighted by atomic mass is 9.92. The Morgan fingerprint density at radius 1 is 1.40 bits per heavy atom. The molecule has 1 aromatic rings. The fraction of sp³-hybridized carbons (Fsp3) is 0.571. The predicted octanol–water partition coefficient (Wildman–Crippen LogP) is 1.92. The van der Waals surface area contributed by atoms with Crippen molar-refractivity contribution in [1.29, 1.82) is 0 Å². The molecule has 0 saturated carbocycles. The molecule has 1 N–H and O–H groups in total. The lowest BCUT2D eigenvalue weighted by Gasteiger charge is -2.23. The molecule has 2 rings (SSSR count). The molecule has 1 heterocycles. The second-order valence-electron chi connectivity index (χ2n) is 5.27. The van der Waals surface area contributed by atoms with Gasteiger partial charge in [-0.15, -0.1) is 0 Å². The molecule has 0 aromatic heterocycles. The van der Waals surface area contributed by atoms with Gasteiger partial charge in [0.1, 0.15) is 11.6 Å². The molecule has 1 aliphatic rings. The number of likely N-dealkylation sites (N-methyl/N-ethyl adjacent to an activating group) is 1. The summed E-state index contributed by atoms with van der Waals surface area (Å²) in [5.74, 6) is -0.652. The molecule has 0 bridgehead atoms. The van der Waals surface area contributed by atoms with Gasteiger partial charge in [-0.3, -0.25) is 0 Å². The molecule has 2 atom stereocenters. The van der Waals surface area contributed by atoms with Crippen LogP contribution in [0.4, 0.5) is 8.78 Å². The second-order valence-corrected chi connectivity index (χ2v) is 7.50. The molecule has 1 aliphatic heterocycles. The standard InChI is InChI=1S/C14H19F2NO2S/c1-2-17-14(10-5-6-20(18,19)9-10)8-11-7-12(15)3-4-13(11)16/h3-4,7,10,14,17H,2,5-6,8-9H2,1H3. The molecule has 0 aliphatic carbocycles. The van der Waals surface area contributed by atoms with Crippen molar-refractivity contribution in [2.24, 2.45) is 5.92 Å². The highest BCUT2D eigenvalue weighted by Crippen LogP contribution is 2.25. The Morgan fingerprint density at radius 3 is 2.75 bits per heavy atom. The van der Waals surface area contributed by atoms with Crippen molar-refractivity contribution >= 4 is 9.84 Å². The summed E-state index contributed by atoms with van der Waals surface area (Å²) in [5, 5.41) is 3.20. The highest BCUT2D eigenvalue weighted by molar-refractivity contribution is 7.91. The maximum atomic E-state index is 13.7. The van der Waals surface area contributed by atoms with Crippen LogP contribution in [0.2, 0.25) is 0 Å². The summed E-state index contributed by atoms with van der Waals surface area (Å²) >= 11 is 0. The quantitative estimate of drug-likeness (QED) is 0.904. The molecule has 0 amide bonds. The van der Waals surface area contributed by atoms with Crippen molar-refractivity contribution in [3.8, 4) is 0 Å². The second kappa shape index (κ2) is 6.18. The van der Waals surface area contributed by atoms with Crippen LogP contribution < -0.4 is 5.32 Å². The zero-order valence-corrected chi connectivity index (χ0v) is 12.2. The molecule has 1 fully saturated rings. The Balaban J connectivity index is 2.15. The van der Waals surface area contributed by atoms with E-state index in [1.54, 1.807) is 0 Å². The average molecular weight is 303 g/mol. The lowest BCUT2D eigenvalue weighted by Crippen LogP contribution is -2.38. The first-order valence-corrected chi connectivity index (χ1v) is 8.61. The topological polar surface area (TPSA) is 46.2 Å². The number of sulfone groups is 1. The molecule has 2 unspecified atom stereocenters. The number of nitrogens with one attached hydrogen (secondary N) is 1. The average Bonchev–Trinajstić information content (AvgIpc) is 2.73. The predicted molar refractivity (Wildman–Crippen MR) is 74.3 cm³/mol. The molecule has 3 nitrogen and oxygen atoms in total. The van der Waals surface area contributed by atoms with Gasteiger partial charge in [0.25, 0.3) is 0 Å². The number of hydrogen-bond donors (Lipinski definition) is 1. The Kier molecular flexibility index (Phi) is 4.75. The summed E-state index contributed by atoms with van der Waals surface area (Å²) in [6.07, 6.45) is 0.883. The summed E-state index contributed by atoms with van der Waals surface area (Å²) in [7, 11) is -2.98. The zero-order valence-electron chi connectivity index (χ0n) is 11.4. The van der Waals surface area contributed by atoms with Crippen LogP contribution in [0, 0.1) is 17.6 Å². The van der Waals surface area contributed by atoms with Crippen molar-refractivity contribution in [2.75, 3.05) is 18.1 Å². The molecule has 20 heavy (non-hydrogen) atoms. The Bertz CT molecular complexity index is 575. The van der Waals surface area contributed by atoms with Gasteiger partial charge in [0.05, 0.1) is 11.5 Å². The maximum Gasteiger partial charge on any atom is 0.150 e. The van der Waals surface area contributed by atoms with Gasteiger partial charge in [0.15, 0.2) is 9.84 Å². The highest BCUT2D eigenvalue weighted by Gasteiger charge is 2.33. The SMILES string of the molecule is CCNC(Cc1cc(F)ccc1F)C1CCS(=O)(=O)C1. The largest absolute Gasteiger partial charge is 0.314 e. The van der Waals surface area contributed by atoms with Crippen molar-refractivity contribution in [3.63, 3.8) is 0 Å². The molecule has 112 valence electrons. The van der Waals surface area contributed by atoms with E-state index >= 15 is 0 Å². The van der Waals surface area contributed by atoms with E-state index in [4.69, 9.17) is 0 Å². The number of hydrogen-bond acceptors (Lipinski definition) is 3. The van der Waals surface area contributed by atoms with Crippen LogP contribution in [0.15, 0.2) is 18.2 Å². The third-order valence-corrected chi connectivity index (χ3v) is 5.54. The van der Waals surface area contributed by atoms with E-state index in [9.17, 15) is 17.2 Å². The van der Waals surface area contributed by atoms with Crippen LogP contribution in [0.5, 0.6) is 0 Å². The maximum absolute atomic E-state index is 13.7. The van der Waals surface area contributed by atoms with Crippen LogP contribution in [0.25, 0.3) is 0 Å². The first kappa shape index (κ1) is 15.4. The molecule has 6 heteroatoms. The number of halogens is 2. The van der Waals surface area contributed by atoms with Crippen molar-refractivity contribution in [2.45, 2.75) is 25.8 Å². The van der Waals surface area contributed by atoms with E-state index in [-0.39, 0.29) is 23.5 Å². The Morgan fingerprint density at radius 2 is 2.15 bits per heavy atom. The number of benzene rings is 1. The molecule has 1 saturated heterocycles. The van der Waals surface area contributed by atoms with Crippen LogP contribution in [-0.2, 0) is 16.3 Å². The summed E-state index contributed by atoms with van der Waals surface area (Å²) < 4.78 is 50.0. The fourth-order valence-electron chi connectivity index (χ4n) is 2.75. The first-order chi connectivity index (χ1) is 9.41. The van der Waals surface area contributed by atoms with E-state index in [0.29, 0.717) is 24.9 Å². The summed E-state index contributed by atoms with van der Waals surface area (Å²) in [6.45, 7) is 2.58. The van der Waals surface area contributed by atoms with E-state index in [2.05, 4.69) is 5.32 Å². The number of rotatable bonds is 5. The Hall–Kier alpha value is -1.01. The summed E-state index contributed by atoms with van der Waals surface area (Å²) in [5.41, 5.74) is 0.292.